The lowest BCUT2D eigenvalue weighted by molar-refractivity contribution is -0.161. The molecule has 0 aromatic carbocycles. The van der Waals surface area contributed by atoms with Crippen LogP contribution >= 0.6 is 0 Å². The minimum Gasteiger partial charge on any atom is -0.445 e. The molecule has 0 aromatic heterocycles. The Morgan fingerprint density at radius 1 is 1.12 bits per heavy atom. The Hall–Kier alpha value is -0.610. The third kappa shape index (κ3) is 2.80. The zero-order chi connectivity index (χ0) is 12.3. The topological polar surface area (TPSA) is 32.8 Å². The second-order valence-corrected chi connectivity index (χ2v) is 4.95. The van der Waals surface area contributed by atoms with Gasteiger partial charge in [0.05, 0.1) is 0 Å². The lowest BCUT2D eigenvalue weighted by atomic mass is 10.2. The third-order valence-electron chi connectivity index (χ3n) is 4.00. The van der Waals surface area contributed by atoms with Gasteiger partial charge in [-0.2, -0.15) is 0 Å². The number of nitrogens with zero attached hydrogens (tertiary/aromatic N) is 2. The van der Waals surface area contributed by atoms with Gasteiger partial charge in [0.1, 0.15) is 6.04 Å². The molecule has 0 N–H and O–H groups in total. The van der Waals surface area contributed by atoms with Crippen molar-refractivity contribution >= 4 is 5.97 Å². The highest BCUT2D eigenvalue weighted by molar-refractivity contribution is 5.76. The average molecular weight is 240 g/mol. The van der Waals surface area contributed by atoms with Crippen molar-refractivity contribution in [3.8, 4) is 0 Å². The number of carbonyl (C=O) groups is 1. The standard InChI is InChI=1S/C13H24N2O2/c1-3-14-9-5-7-11(14)13(16)17-12-8-6-10-15(12)4-2/h11-12H,3-10H2,1-2H3/t11-,12-/m0/s1. The minimum absolute atomic E-state index is 0.00491. The molecule has 2 rings (SSSR count). The molecule has 2 fully saturated rings. The summed E-state index contributed by atoms with van der Waals surface area (Å²) in [6.07, 6.45) is 4.26. The number of likely N-dealkylation sites (N-methyl/N-ethyl adjacent to an activating group) is 1. The van der Waals surface area contributed by atoms with E-state index in [1.54, 1.807) is 0 Å². The van der Waals surface area contributed by atoms with Gasteiger partial charge in [-0.25, -0.2) is 0 Å². The first-order valence-corrected chi connectivity index (χ1v) is 6.94. The Kier molecular flexibility index (Phi) is 4.40. The van der Waals surface area contributed by atoms with Gasteiger partial charge in [0.25, 0.3) is 0 Å². The van der Waals surface area contributed by atoms with Crippen molar-refractivity contribution < 1.29 is 9.53 Å². The van der Waals surface area contributed by atoms with E-state index in [1.165, 1.54) is 0 Å². The van der Waals surface area contributed by atoms with Gasteiger partial charge in [-0.15, -0.1) is 0 Å². The molecule has 0 unspecified atom stereocenters. The molecular weight excluding hydrogens is 216 g/mol. The Morgan fingerprint density at radius 2 is 1.76 bits per heavy atom. The van der Waals surface area contributed by atoms with Crippen LogP contribution in [0.1, 0.15) is 39.5 Å². The van der Waals surface area contributed by atoms with Crippen LogP contribution in [0.5, 0.6) is 0 Å². The number of likely N-dealkylation sites (tertiary alicyclic amines) is 2. The molecule has 17 heavy (non-hydrogen) atoms. The maximum atomic E-state index is 12.1. The highest BCUT2D eigenvalue weighted by Gasteiger charge is 2.34. The first kappa shape index (κ1) is 12.8. The van der Waals surface area contributed by atoms with Crippen molar-refractivity contribution in [2.24, 2.45) is 0 Å². The van der Waals surface area contributed by atoms with Crippen molar-refractivity contribution in [3.05, 3.63) is 0 Å². The molecule has 4 heteroatoms. The maximum absolute atomic E-state index is 12.1. The van der Waals surface area contributed by atoms with E-state index < -0.39 is 0 Å². The van der Waals surface area contributed by atoms with Gasteiger partial charge in [0.15, 0.2) is 6.23 Å². The van der Waals surface area contributed by atoms with E-state index in [4.69, 9.17) is 4.74 Å². The van der Waals surface area contributed by atoms with E-state index in [0.717, 1.165) is 51.9 Å². The summed E-state index contributed by atoms with van der Waals surface area (Å²) in [6.45, 7) is 8.26. The molecule has 2 saturated heterocycles. The second-order valence-electron chi connectivity index (χ2n) is 4.95. The molecule has 0 aliphatic carbocycles. The van der Waals surface area contributed by atoms with E-state index in [0.29, 0.717) is 0 Å². The van der Waals surface area contributed by atoms with Gasteiger partial charge >= 0.3 is 5.97 Å². The summed E-state index contributed by atoms with van der Waals surface area (Å²) in [6, 6.07) is 0.0132. The molecule has 0 amide bonds. The zero-order valence-electron chi connectivity index (χ0n) is 11.0. The summed E-state index contributed by atoms with van der Waals surface area (Å²) < 4.78 is 5.68. The fraction of sp³-hybridized carbons (Fsp3) is 0.923. The van der Waals surface area contributed by atoms with Crippen LogP contribution in [0.25, 0.3) is 0 Å². The first-order valence-electron chi connectivity index (χ1n) is 6.94. The van der Waals surface area contributed by atoms with Crippen molar-refractivity contribution in [2.75, 3.05) is 26.2 Å². The molecule has 2 aliphatic rings. The lowest BCUT2D eigenvalue weighted by Gasteiger charge is -2.26. The van der Waals surface area contributed by atoms with Crippen molar-refractivity contribution in [3.63, 3.8) is 0 Å². The van der Waals surface area contributed by atoms with E-state index in [2.05, 4.69) is 23.6 Å². The Bertz CT molecular complexity index is 270. The fourth-order valence-corrected chi connectivity index (χ4v) is 2.97. The molecule has 0 aromatic rings. The number of ether oxygens (including phenoxy) is 1. The SMILES string of the molecule is CCN1CCC[C@@H]1OC(=O)[C@@H]1CCCN1CC. The molecule has 2 aliphatic heterocycles. The predicted molar refractivity (Wildman–Crippen MR) is 66.6 cm³/mol. The zero-order valence-corrected chi connectivity index (χ0v) is 11.0. The van der Waals surface area contributed by atoms with Crippen LogP contribution in [-0.4, -0.2) is 54.2 Å². The van der Waals surface area contributed by atoms with Gasteiger partial charge in [-0.3, -0.25) is 14.6 Å². The number of esters is 1. The van der Waals surface area contributed by atoms with Gasteiger partial charge in [-0.05, 0) is 45.3 Å². The van der Waals surface area contributed by atoms with Crippen LogP contribution < -0.4 is 0 Å². The summed E-state index contributed by atoms with van der Waals surface area (Å²) in [5.74, 6) is -0.00491. The van der Waals surface area contributed by atoms with Gasteiger partial charge < -0.3 is 4.74 Å². The highest BCUT2D eigenvalue weighted by atomic mass is 16.6. The van der Waals surface area contributed by atoms with Crippen molar-refractivity contribution in [1.29, 1.82) is 0 Å². The molecule has 0 radical (unpaired) electrons. The average Bonchev–Trinajstić information content (AvgIpc) is 2.96. The number of hydrogen-bond acceptors (Lipinski definition) is 4. The van der Waals surface area contributed by atoms with Crippen LogP contribution in [0.2, 0.25) is 0 Å². The van der Waals surface area contributed by atoms with E-state index in [1.807, 2.05) is 0 Å². The molecule has 0 spiro atoms. The van der Waals surface area contributed by atoms with Crippen molar-refractivity contribution in [2.45, 2.75) is 51.8 Å². The van der Waals surface area contributed by atoms with Crippen molar-refractivity contribution in [1.82, 2.24) is 9.80 Å². The molecular formula is C13H24N2O2. The van der Waals surface area contributed by atoms with Crippen LogP contribution in [0.3, 0.4) is 0 Å². The maximum Gasteiger partial charge on any atom is 0.324 e. The molecule has 0 saturated carbocycles. The molecule has 2 atom stereocenters. The number of hydrogen-bond donors (Lipinski definition) is 0. The van der Waals surface area contributed by atoms with Crippen LogP contribution in [-0.2, 0) is 9.53 Å². The quantitative estimate of drug-likeness (QED) is 0.696. The van der Waals surface area contributed by atoms with E-state index >= 15 is 0 Å². The van der Waals surface area contributed by atoms with Crippen LogP contribution in [0, 0.1) is 0 Å². The van der Waals surface area contributed by atoms with Gasteiger partial charge in [0, 0.05) is 6.54 Å². The summed E-state index contributed by atoms with van der Waals surface area (Å²) in [5, 5.41) is 0. The minimum atomic E-state index is -0.00491. The largest absolute Gasteiger partial charge is 0.445 e. The normalized spacial score (nSPS) is 30.9. The lowest BCUT2D eigenvalue weighted by Crippen LogP contribution is -2.41. The van der Waals surface area contributed by atoms with Gasteiger partial charge in [0.2, 0.25) is 0 Å². The molecule has 0 bridgehead atoms. The summed E-state index contributed by atoms with van der Waals surface area (Å²) in [7, 11) is 0. The van der Waals surface area contributed by atoms with E-state index in [9.17, 15) is 4.79 Å². The first-order chi connectivity index (χ1) is 8.26. The summed E-state index contributed by atoms with van der Waals surface area (Å²) >= 11 is 0. The highest BCUT2D eigenvalue weighted by Crippen LogP contribution is 2.22. The number of rotatable bonds is 4. The molecule has 98 valence electrons. The van der Waals surface area contributed by atoms with Crippen LogP contribution in [0.4, 0.5) is 0 Å². The summed E-state index contributed by atoms with van der Waals surface area (Å²) in [4.78, 5) is 16.6. The predicted octanol–water partition coefficient (Wildman–Crippen LogP) is 1.46. The second kappa shape index (κ2) is 5.83. The van der Waals surface area contributed by atoms with Gasteiger partial charge in [-0.1, -0.05) is 13.8 Å². The summed E-state index contributed by atoms with van der Waals surface area (Å²) in [5.41, 5.74) is 0. The third-order valence-corrected chi connectivity index (χ3v) is 4.00. The van der Waals surface area contributed by atoms with E-state index in [-0.39, 0.29) is 18.2 Å². The van der Waals surface area contributed by atoms with Crippen LogP contribution in [0.15, 0.2) is 0 Å². The Balaban J connectivity index is 1.88. The molecule has 2 heterocycles. The number of carbonyl (C=O) groups excluding carboxylic acids is 1. The molecule has 4 nitrogen and oxygen atoms in total. The monoisotopic (exact) mass is 240 g/mol. The smallest absolute Gasteiger partial charge is 0.324 e. The Morgan fingerprint density at radius 3 is 2.47 bits per heavy atom. The Labute approximate surface area is 104 Å². The fourth-order valence-electron chi connectivity index (χ4n) is 2.97.